The lowest BCUT2D eigenvalue weighted by Crippen LogP contribution is -2.44. The molecule has 2 unspecified atom stereocenters. The normalized spacial score (nSPS) is 22.8. The Kier molecular flexibility index (Phi) is 5.19. The summed E-state index contributed by atoms with van der Waals surface area (Å²) in [5.74, 6) is 0.731. The molecule has 1 saturated carbocycles. The molecule has 104 valence electrons. The molecule has 1 aromatic rings. The molecule has 1 aliphatic carbocycles. The van der Waals surface area contributed by atoms with Crippen LogP contribution in [0.2, 0.25) is 0 Å². The molecule has 4 heteroatoms. The zero-order chi connectivity index (χ0) is 13.5. The highest BCUT2D eigenvalue weighted by atomic mass is 16.2. The van der Waals surface area contributed by atoms with Crippen molar-refractivity contribution in [3.05, 3.63) is 30.1 Å². The van der Waals surface area contributed by atoms with Gasteiger partial charge in [0.2, 0.25) is 0 Å². The molecule has 19 heavy (non-hydrogen) atoms. The van der Waals surface area contributed by atoms with Gasteiger partial charge in [-0.05, 0) is 36.8 Å². The van der Waals surface area contributed by atoms with Gasteiger partial charge in [-0.15, -0.1) is 0 Å². The molecule has 0 aromatic carbocycles. The van der Waals surface area contributed by atoms with Crippen LogP contribution in [-0.2, 0) is 6.42 Å². The molecule has 1 fully saturated rings. The molecule has 4 nitrogen and oxygen atoms in total. The van der Waals surface area contributed by atoms with Crippen LogP contribution in [0.3, 0.4) is 0 Å². The second-order valence-corrected chi connectivity index (χ2v) is 5.48. The van der Waals surface area contributed by atoms with Crippen LogP contribution in [0.1, 0.15) is 38.2 Å². The van der Waals surface area contributed by atoms with Gasteiger partial charge >= 0.3 is 6.03 Å². The second kappa shape index (κ2) is 7.12. The van der Waals surface area contributed by atoms with Gasteiger partial charge in [-0.2, -0.15) is 0 Å². The minimum absolute atomic E-state index is 0.0389. The molecule has 1 aliphatic rings. The van der Waals surface area contributed by atoms with E-state index in [2.05, 4.69) is 22.5 Å². The fourth-order valence-corrected chi connectivity index (χ4v) is 2.67. The SMILES string of the molecule is CC1CCCC(NC(=O)NCCc2cccnc2)C1. The lowest BCUT2D eigenvalue weighted by Gasteiger charge is -2.27. The van der Waals surface area contributed by atoms with Crippen LogP contribution in [0.5, 0.6) is 0 Å². The van der Waals surface area contributed by atoms with E-state index in [1.54, 1.807) is 6.20 Å². The first-order chi connectivity index (χ1) is 9.24. The largest absolute Gasteiger partial charge is 0.338 e. The highest BCUT2D eigenvalue weighted by molar-refractivity contribution is 5.74. The number of pyridine rings is 1. The van der Waals surface area contributed by atoms with E-state index < -0.39 is 0 Å². The van der Waals surface area contributed by atoms with Gasteiger partial charge in [0.15, 0.2) is 0 Å². The van der Waals surface area contributed by atoms with Crippen molar-refractivity contribution in [2.45, 2.75) is 45.1 Å². The molecular formula is C15H23N3O. The van der Waals surface area contributed by atoms with Gasteiger partial charge in [-0.25, -0.2) is 4.79 Å². The summed E-state index contributed by atoms with van der Waals surface area (Å²) >= 11 is 0. The van der Waals surface area contributed by atoms with E-state index in [0.717, 1.165) is 30.7 Å². The fraction of sp³-hybridized carbons (Fsp3) is 0.600. The van der Waals surface area contributed by atoms with E-state index in [1.165, 1.54) is 12.8 Å². The number of nitrogens with one attached hydrogen (secondary N) is 2. The lowest BCUT2D eigenvalue weighted by atomic mass is 9.87. The van der Waals surface area contributed by atoms with Crippen molar-refractivity contribution in [2.24, 2.45) is 5.92 Å². The van der Waals surface area contributed by atoms with Gasteiger partial charge in [-0.1, -0.05) is 25.8 Å². The van der Waals surface area contributed by atoms with Crippen LogP contribution < -0.4 is 10.6 Å². The third kappa shape index (κ3) is 4.89. The number of amides is 2. The summed E-state index contributed by atoms with van der Waals surface area (Å²) in [5, 5.41) is 5.99. The summed E-state index contributed by atoms with van der Waals surface area (Å²) in [6.07, 6.45) is 9.15. The molecule has 0 radical (unpaired) electrons. The minimum atomic E-state index is -0.0389. The minimum Gasteiger partial charge on any atom is -0.338 e. The average Bonchev–Trinajstić information content (AvgIpc) is 2.40. The quantitative estimate of drug-likeness (QED) is 0.875. The summed E-state index contributed by atoms with van der Waals surface area (Å²) in [5.41, 5.74) is 1.15. The molecule has 0 spiro atoms. The highest BCUT2D eigenvalue weighted by Crippen LogP contribution is 2.23. The van der Waals surface area contributed by atoms with E-state index in [9.17, 15) is 4.79 Å². The maximum Gasteiger partial charge on any atom is 0.315 e. The van der Waals surface area contributed by atoms with Gasteiger partial charge in [-0.3, -0.25) is 4.98 Å². The Hall–Kier alpha value is -1.58. The number of nitrogens with zero attached hydrogens (tertiary/aromatic N) is 1. The van der Waals surface area contributed by atoms with Gasteiger partial charge in [0, 0.05) is 25.0 Å². The maximum absolute atomic E-state index is 11.8. The summed E-state index contributed by atoms with van der Waals surface area (Å²) in [7, 11) is 0. The summed E-state index contributed by atoms with van der Waals surface area (Å²) in [4.78, 5) is 15.8. The summed E-state index contributed by atoms with van der Waals surface area (Å²) in [6, 6.07) is 4.25. The topological polar surface area (TPSA) is 54.0 Å². The van der Waals surface area contributed by atoms with Crippen LogP contribution in [0.15, 0.2) is 24.5 Å². The number of hydrogen-bond acceptors (Lipinski definition) is 2. The van der Waals surface area contributed by atoms with Gasteiger partial charge < -0.3 is 10.6 Å². The number of rotatable bonds is 4. The molecular weight excluding hydrogens is 238 g/mol. The summed E-state index contributed by atoms with van der Waals surface area (Å²) in [6.45, 7) is 2.91. The van der Waals surface area contributed by atoms with E-state index in [-0.39, 0.29) is 6.03 Å². The lowest BCUT2D eigenvalue weighted by molar-refractivity contribution is 0.227. The van der Waals surface area contributed by atoms with Crippen molar-refractivity contribution >= 4 is 6.03 Å². The average molecular weight is 261 g/mol. The Balaban J connectivity index is 1.64. The highest BCUT2D eigenvalue weighted by Gasteiger charge is 2.19. The smallest absolute Gasteiger partial charge is 0.315 e. The Morgan fingerprint density at radius 1 is 1.47 bits per heavy atom. The standard InChI is InChI=1S/C15H23N3O/c1-12-4-2-6-14(10-12)18-15(19)17-9-7-13-5-3-8-16-11-13/h3,5,8,11-12,14H,2,4,6-7,9-10H2,1H3,(H2,17,18,19). The predicted molar refractivity (Wildman–Crippen MR) is 75.9 cm³/mol. The molecule has 0 aliphatic heterocycles. The molecule has 2 atom stereocenters. The van der Waals surface area contributed by atoms with Crippen molar-refractivity contribution in [3.63, 3.8) is 0 Å². The number of aromatic nitrogens is 1. The van der Waals surface area contributed by atoms with E-state index in [4.69, 9.17) is 0 Å². The Labute approximate surface area is 115 Å². The monoisotopic (exact) mass is 261 g/mol. The van der Waals surface area contributed by atoms with Crippen molar-refractivity contribution in [1.82, 2.24) is 15.6 Å². The first kappa shape index (κ1) is 13.8. The predicted octanol–water partition coefficient (Wildman–Crippen LogP) is 2.50. The first-order valence-electron chi connectivity index (χ1n) is 7.17. The summed E-state index contributed by atoms with van der Waals surface area (Å²) < 4.78 is 0. The van der Waals surface area contributed by atoms with E-state index >= 15 is 0 Å². The molecule has 1 aromatic heterocycles. The zero-order valence-corrected chi connectivity index (χ0v) is 11.6. The molecule has 2 rings (SSSR count). The molecule has 0 saturated heterocycles. The zero-order valence-electron chi connectivity index (χ0n) is 11.6. The van der Waals surface area contributed by atoms with Crippen LogP contribution in [0.4, 0.5) is 4.79 Å². The van der Waals surface area contributed by atoms with Crippen LogP contribution in [0, 0.1) is 5.92 Å². The van der Waals surface area contributed by atoms with Crippen LogP contribution in [0.25, 0.3) is 0 Å². The first-order valence-corrected chi connectivity index (χ1v) is 7.17. The van der Waals surface area contributed by atoms with Crippen LogP contribution in [-0.4, -0.2) is 23.6 Å². The third-order valence-electron chi connectivity index (χ3n) is 3.69. The number of urea groups is 1. The van der Waals surface area contributed by atoms with Gasteiger partial charge in [0.05, 0.1) is 0 Å². The Morgan fingerprint density at radius 3 is 3.11 bits per heavy atom. The van der Waals surface area contributed by atoms with Crippen molar-refractivity contribution in [1.29, 1.82) is 0 Å². The Bertz CT molecular complexity index is 394. The number of carbonyl (C=O) groups excluding carboxylic acids is 1. The number of carbonyl (C=O) groups is 1. The maximum atomic E-state index is 11.8. The van der Waals surface area contributed by atoms with E-state index in [0.29, 0.717) is 12.6 Å². The number of hydrogen-bond donors (Lipinski definition) is 2. The fourth-order valence-electron chi connectivity index (χ4n) is 2.67. The Morgan fingerprint density at radius 2 is 2.37 bits per heavy atom. The van der Waals surface area contributed by atoms with Crippen molar-refractivity contribution in [3.8, 4) is 0 Å². The van der Waals surface area contributed by atoms with Crippen LogP contribution >= 0.6 is 0 Å². The molecule has 2 amide bonds. The van der Waals surface area contributed by atoms with Crippen molar-refractivity contribution < 1.29 is 4.79 Å². The van der Waals surface area contributed by atoms with Crippen molar-refractivity contribution in [2.75, 3.05) is 6.54 Å². The molecule has 0 bridgehead atoms. The van der Waals surface area contributed by atoms with E-state index in [1.807, 2.05) is 18.3 Å². The van der Waals surface area contributed by atoms with Gasteiger partial charge in [0.1, 0.15) is 0 Å². The molecule has 2 N–H and O–H groups in total. The second-order valence-electron chi connectivity index (χ2n) is 5.48. The molecule has 1 heterocycles. The third-order valence-corrected chi connectivity index (χ3v) is 3.69. The van der Waals surface area contributed by atoms with Gasteiger partial charge in [0.25, 0.3) is 0 Å².